The predicted molar refractivity (Wildman–Crippen MR) is 66.0 cm³/mol. The Morgan fingerprint density at radius 3 is 2.81 bits per heavy atom. The molecule has 16 heavy (non-hydrogen) atoms. The molecule has 0 heterocycles. The molecule has 3 heteroatoms. The van der Waals surface area contributed by atoms with Gasteiger partial charge in [0.25, 0.3) is 0 Å². The van der Waals surface area contributed by atoms with Gasteiger partial charge in [0.15, 0.2) is 0 Å². The van der Waals surface area contributed by atoms with Gasteiger partial charge in [-0.2, -0.15) is 0 Å². The Labute approximate surface area is 97.4 Å². The highest BCUT2D eigenvalue weighted by Crippen LogP contribution is 2.20. The first kappa shape index (κ1) is 13.0. The van der Waals surface area contributed by atoms with E-state index in [1.807, 2.05) is 26.0 Å². The molecule has 1 unspecified atom stereocenters. The van der Waals surface area contributed by atoms with Gasteiger partial charge in [-0.15, -0.1) is 0 Å². The van der Waals surface area contributed by atoms with Crippen molar-refractivity contribution in [3.63, 3.8) is 0 Å². The molecule has 0 bridgehead atoms. The lowest BCUT2D eigenvalue weighted by atomic mass is 10.1. The minimum absolute atomic E-state index is 0.331. The predicted octanol–water partition coefficient (Wildman–Crippen LogP) is 1.65. The van der Waals surface area contributed by atoms with Crippen molar-refractivity contribution in [1.82, 2.24) is 5.32 Å². The van der Waals surface area contributed by atoms with Gasteiger partial charge in [-0.05, 0) is 37.6 Å². The van der Waals surface area contributed by atoms with Crippen molar-refractivity contribution >= 4 is 0 Å². The van der Waals surface area contributed by atoms with Crippen LogP contribution in [0.5, 0.6) is 5.75 Å². The Morgan fingerprint density at radius 2 is 2.12 bits per heavy atom. The molecule has 90 valence electrons. The summed E-state index contributed by atoms with van der Waals surface area (Å²) in [6, 6.07) is 5.95. The zero-order valence-corrected chi connectivity index (χ0v) is 10.3. The van der Waals surface area contributed by atoms with Crippen molar-refractivity contribution in [3.8, 4) is 5.75 Å². The third kappa shape index (κ3) is 3.83. The maximum atomic E-state index is 9.61. The molecule has 1 aromatic rings. The number of hydrogen-bond acceptors (Lipinski definition) is 3. The molecule has 1 atom stereocenters. The van der Waals surface area contributed by atoms with E-state index in [-0.39, 0.29) is 0 Å². The van der Waals surface area contributed by atoms with Crippen LogP contribution >= 0.6 is 0 Å². The second-order valence-electron chi connectivity index (χ2n) is 3.97. The summed E-state index contributed by atoms with van der Waals surface area (Å²) in [6.45, 7) is 7.86. The van der Waals surface area contributed by atoms with E-state index < -0.39 is 6.10 Å². The van der Waals surface area contributed by atoms with Crippen LogP contribution in [0.15, 0.2) is 18.2 Å². The molecular weight excluding hydrogens is 202 g/mol. The summed E-state index contributed by atoms with van der Waals surface area (Å²) in [7, 11) is 0. The van der Waals surface area contributed by atoms with E-state index in [0.29, 0.717) is 13.2 Å². The quantitative estimate of drug-likeness (QED) is 0.770. The molecule has 0 saturated carbocycles. The van der Waals surface area contributed by atoms with Crippen molar-refractivity contribution < 1.29 is 9.84 Å². The highest BCUT2D eigenvalue weighted by Gasteiger charge is 2.06. The lowest BCUT2D eigenvalue weighted by molar-refractivity contribution is 0.106. The van der Waals surface area contributed by atoms with Crippen molar-refractivity contribution in [1.29, 1.82) is 0 Å². The maximum absolute atomic E-state index is 9.61. The normalized spacial score (nSPS) is 12.5. The van der Waals surface area contributed by atoms with Gasteiger partial charge in [0.2, 0.25) is 0 Å². The molecule has 0 radical (unpaired) electrons. The van der Waals surface area contributed by atoms with Crippen LogP contribution in [0.25, 0.3) is 0 Å². The average Bonchev–Trinajstić information content (AvgIpc) is 2.28. The SMILES string of the molecule is CCNCC(O)COc1cccc(C)c1C. The van der Waals surface area contributed by atoms with E-state index >= 15 is 0 Å². The van der Waals surface area contributed by atoms with Crippen LogP contribution in [-0.2, 0) is 0 Å². The van der Waals surface area contributed by atoms with Crippen LogP contribution in [0.2, 0.25) is 0 Å². The molecular formula is C13H21NO2. The minimum Gasteiger partial charge on any atom is -0.491 e. The fourth-order valence-electron chi connectivity index (χ4n) is 1.44. The van der Waals surface area contributed by atoms with Crippen LogP contribution < -0.4 is 10.1 Å². The second-order valence-corrected chi connectivity index (χ2v) is 3.97. The molecule has 0 aliphatic carbocycles. The van der Waals surface area contributed by atoms with Gasteiger partial charge in [0, 0.05) is 6.54 Å². The molecule has 1 aromatic carbocycles. The standard InChI is InChI=1S/C13H21NO2/c1-4-14-8-12(15)9-16-13-7-5-6-10(2)11(13)3/h5-7,12,14-15H,4,8-9H2,1-3H3. The largest absolute Gasteiger partial charge is 0.491 e. The van der Waals surface area contributed by atoms with E-state index in [2.05, 4.69) is 18.3 Å². The summed E-state index contributed by atoms with van der Waals surface area (Å²) in [4.78, 5) is 0. The number of aliphatic hydroxyl groups is 1. The molecule has 0 spiro atoms. The van der Waals surface area contributed by atoms with Gasteiger partial charge in [-0.3, -0.25) is 0 Å². The lowest BCUT2D eigenvalue weighted by Gasteiger charge is -2.14. The van der Waals surface area contributed by atoms with E-state index in [1.165, 1.54) is 5.56 Å². The molecule has 0 aliphatic heterocycles. The molecule has 0 aromatic heterocycles. The van der Waals surface area contributed by atoms with Gasteiger partial charge >= 0.3 is 0 Å². The first-order valence-electron chi connectivity index (χ1n) is 5.73. The number of hydrogen-bond donors (Lipinski definition) is 2. The van der Waals surface area contributed by atoms with Gasteiger partial charge in [0.1, 0.15) is 18.5 Å². The van der Waals surface area contributed by atoms with Crippen LogP contribution in [-0.4, -0.2) is 30.9 Å². The molecule has 0 amide bonds. The van der Waals surface area contributed by atoms with Crippen LogP contribution in [0, 0.1) is 13.8 Å². The molecule has 0 saturated heterocycles. The number of aliphatic hydroxyl groups excluding tert-OH is 1. The number of aryl methyl sites for hydroxylation is 1. The first-order valence-corrected chi connectivity index (χ1v) is 5.73. The van der Waals surface area contributed by atoms with Gasteiger partial charge in [-0.1, -0.05) is 19.1 Å². The number of benzene rings is 1. The van der Waals surface area contributed by atoms with Gasteiger partial charge in [-0.25, -0.2) is 0 Å². The van der Waals surface area contributed by atoms with Crippen molar-refractivity contribution in [2.24, 2.45) is 0 Å². The molecule has 0 fully saturated rings. The summed E-state index contributed by atoms with van der Waals surface area (Å²) < 4.78 is 5.59. The Kier molecular flexibility index (Phi) is 5.29. The zero-order valence-electron chi connectivity index (χ0n) is 10.3. The number of rotatable bonds is 6. The van der Waals surface area contributed by atoms with Crippen LogP contribution in [0.1, 0.15) is 18.1 Å². The Hall–Kier alpha value is -1.06. The summed E-state index contributed by atoms with van der Waals surface area (Å²) in [5.41, 5.74) is 2.34. The number of nitrogens with one attached hydrogen (secondary N) is 1. The smallest absolute Gasteiger partial charge is 0.122 e. The number of likely N-dealkylation sites (N-methyl/N-ethyl adjacent to an activating group) is 1. The molecule has 0 aliphatic rings. The van der Waals surface area contributed by atoms with Crippen LogP contribution in [0.3, 0.4) is 0 Å². The topological polar surface area (TPSA) is 41.5 Å². The summed E-state index contributed by atoms with van der Waals surface area (Å²) in [5, 5.41) is 12.7. The van der Waals surface area contributed by atoms with E-state index in [4.69, 9.17) is 4.74 Å². The van der Waals surface area contributed by atoms with Gasteiger partial charge in [0.05, 0.1) is 0 Å². The van der Waals surface area contributed by atoms with Crippen molar-refractivity contribution in [2.45, 2.75) is 26.9 Å². The Balaban J connectivity index is 2.45. The van der Waals surface area contributed by atoms with E-state index in [1.54, 1.807) is 0 Å². The lowest BCUT2D eigenvalue weighted by Crippen LogP contribution is -2.31. The summed E-state index contributed by atoms with van der Waals surface area (Å²) >= 11 is 0. The average molecular weight is 223 g/mol. The van der Waals surface area contributed by atoms with Crippen LogP contribution in [0.4, 0.5) is 0 Å². The fraction of sp³-hybridized carbons (Fsp3) is 0.538. The molecule has 1 rings (SSSR count). The first-order chi connectivity index (χ1) is 7.65. The highest BCUT2D eigenvalue weighted by molar-refractivity contribution is 5.38. The summed E-state index contributed by atoms with van der Waals surface area (Å²) in [5.74, 6) is 0.857. The monoisotopic (exact) mass is 223 g/mol. The minimum atomic E-state index is -0.458. The molecule has 2 N–H and O–H groups in total. The summed E-state index contributed by atoms with van der Waals surface area (Å²) in [6.07, 6.45) is -0.458. The van der Waals surface area contributed by atoms with E-state index in [0.717, 1.165) is 17.9 Å². The molecule has 3 nitrogen and oxygen atoms in total. The van der Waals surface area contributed by atoms with E-state index in [9.17, 15) is 5.11 Å². The fourth-order valence-corrected chi connectivity index (χ4v) is 1.44. The second kappa shape index (κ2) is 6.51. The third-order valence-electron chi connectivity index (χ3n) is 2.62. The Morgan fingerprint density at radius 1 is 1.38 bits per heavy atom. The van der Waals surface area contributed by atoms with Crippen molar-refractivity contribution in [3.05, 3.63) is 29.3 Å². The number of ether oxygens (including phenoxy) is 1. The highest BCUT2D eigenvalue weighted by atomic mass is 16.5. The van der Waals surface area contributed by atoms with Gasteiger partial charge < -0.3 is 15.2 Å². The maximum Gasteiger partial charge on any atom is 0.122 e. The Bertz CT molecular complexity index is 326. The van der Waals surface area contributed by atoms with Crippen molar-refractivity contribution in [2.75, 3.05) is 19.7 Å². The zero-order chi connectivity index (χ0) is 12.0. The third-order valence-corrected chi connectivity index (χ3v) is 2.62.